The summed E-state index contributed by atoms with van der Waals surface area (Å²) in [5.41, 5.74) is 1.85. The highest BCUT2D eigenvalue weighted by Gasteiger charge is 2.33. The van der Waals surface area contributed by atoms with Crippen molar-refractivity contribution in [1.29, 1.82) is 0 Å². The van der Waals surface area contributed by atoms with Crippen LogP contribution in [-0.4, -0.2) is 60.9 Å². The standard InChI is InChI=1S/C23H34N6O3S/c1-17-6-2-3-15-29(17)22(30)20(8-5-11-25-23-26-13-14-27-23)28-33(31,32)21-9-4-7-18-16-24-12-10-19(18)21/h4,7,9,13-14,17,20,24,28H,2-3,5-6,8,10-12,15-16H2,1H3,(H2,25,26,27)/t17-,20+/m1/s1. The van der Waals surface area contributed by atoms with Crippen LogP contribution >= 0.6 is 0 Å². The number of benzene rings is 1. The molecule has 4 N–H and O–H groups in total. The predicted octanol–water partition coefficient (Wildman–Crippen LogP) is 2.00. The number of anilines is 1. The average Bonchev–Trinajstić information content (AvgIpc) is 3.34. The molecular weight excluding hydrogens is 440 g/mol. The smallest absolute Gasteiger partial charge is 0.241 e. The fraction of sp³-hybridized carbons (Fsp3) is 0.565. The van der Waals surface area contributed by atoms with E-state index in [4.69, 9.17) is 0 Å². The van der Waals surface area contributed by atoms with Gasteiger partial charge in [0.2, 0.25) is 15.9 Å². The summed E-state index contributed by atoms with van der Waals surface area (Å²) in [7, 11) is -3.85. The van der Waals surface area contributed by atoms with Gasteiger partial charge in [-0.05, 0) is 69.2 Å². The van der Waals surface area contributed by atoms with Gasteiger partial charge >= 0.3 is 0 Å². The molecule has 0 spiro atoms. The molecule has 0 saturated carbocycles. The average molecular weight is 475 g/mol. The van der Waals surface area contributed by atoms with Gasteiger partial charge in [-0.1, -0.05) is 12.1 Å². The maximum atomic E-state index is 13.5. The predicted molar refractivity (Wildman–Crippen MR) is 127 cm³/mol. The molecule has 2 atom stereocenters. The largest absolute Gasteiger partial charge is 0.356 e. The molecule has 0 unspecified atom stereocenters. The second kappa shape index (κ2) is 10.7. The Hall–Kier alpha value is -2.43. The third-order valence-electron chi connectivity index (χ3n) is 6.53. The number of carbonyl (C=O) groups is 1. The van der Waals surface area contributed by atoms with Crippen molar-refractivity contribution in [3.05, 3.63) is 41.7 Å². The van der Waals surface area contributed by atoms with Crippen molar-refractivity contribution in [3.63, 3.8) is 0 Å². The highest BCUT2D eigenvalue weighted by molar-refractivity contribution is 7.89. The van der Waals surface area contributed by atoms with Crippen LogP contribution in [0.2, 0.25) is 0 Å². The molecule has 180 valence electrons. The Morgan fingerprint density at radius 1 is 1.33 bits per heavy atom. The number of carbonyl (C=O) groups excluding carboxylic acids is 1. The van der Waals surface area contributed by atoms with Crippen LogP contribution in [0.1, 0.15) is 50.2 Å². The number of rotatable bonds is 9. The van der Waals surface area contributed by atoms with Crippen LogP contribution in [-0.2, 0) is 27.8 Å². The second-order valence-electron chi connectivity index (χ2n) is 8.88. The summed E-state index contributed by atoms with van der Waals surface area (Å²) in [5.74, 6) is 0.530. The van der Waals surface area contributed by atoms with Crippen molar-refractivity contribution in [3.8, 4) is 0 Å². The molecule has 1 saturated heterocycles. The summed E-state index contributed by atoms with van der Waals surface area (Å²) in [5, 5.41) is 6.45. The van der Waals surface area contributed by atoms with Gasteiger partial charge in [0.05, 0.1) is 4.90 Å². The number of hydrogen-bond acceptors (Lipinski definition) is 6. The molecule has 4 rings (SSSR count). The number of H-pyrrole nitrogens is 1. The van der Waals surface area contributed by atoms with E-state index in [1.165, 1.54) is 0 Å². The van der Waals surface area contributed by atoms with E-state index in [2.05, 4.69) is 25.3 Å². The zero-order valence-corrected chi connectivity index (χ0v) is 20.0. The van der Waals surface area contributed by atoms with E-state index in [-0.39, 0.29) is 11.9 Å². The fourth-order valence-corrected chi connectivity index (χ4v) is 6.27. The maximum Gasteiger partial charge on any atom is 0.241 e. The first-order valence-corrected chi connectivity index (χ1v) is 13.3. The lowest BCUT2D eigenvalue weighted by atomic mass is 10.0. The number of nitrogens with one attached hydrogen (secondary N) is 4. The molecule has 1 aromatic heterocycles. The lowest BCUT2D eigenvalue weighted by Gasteiger charge is -2.36. The van der Waals surface area contributed by atoms with Crippen molar-refractivity contribution in [2.24, 2.45) is 0 Å². The van der Waals surface area contributed by atoms with Crippen LogP contribution in [0.3, 0.4) is 0 Å². The number of imidazole rings is 1. The van der Waals surface area contributed by atoms with E-state index < -0.39 is 16.1 Å². The second-order valence-corrected chi connectivity index (χ2v) is 10.6. The van der Waals surface area contributed by atoms with Gasteiger partial charge in [0.25, 0.3) is 0 Å². The Balaban J connectivity index is 1.51. The highest BCUT2D eigenvalue weighted by Crippen LogP contribution is 2.24. The first kappa shape index (κ1) is 23.7. The Morgan fingerprint density at radius 3 is 3.00 bits per heavy atom. The van der Waals surface area contributed by atoms with Gasteiger partial charge in [-0.15, -0.1) is 0 Å². The summed E-state index contributed by atoms with van der Waals surface area (Å²) >= 11 is 0. The minimum atomic E-state index is -3.85. The molecule has 2 aromatic rings. The molecule has 33 heavy (non-hydrogen) atoms. The number of sulfonamides is 1. The van der Waals surface area contributed by atoms with Gasteiger partial charge in [-0.2, -0.15) is 4.72 Å². The molecule has 1 fully saturated rings. The van der Waals surface area contributed by atoms with Crippen LogP contribution < -0.4 is 15.4 Å². The molecule has 2 aliphatic rings. The van der Waals surface area contributed by atoms with Crippen molar-refractivity contribution in [1.82, 2.24) is 24.9 Å². The van der Waals surface area contributed by atoms with Crippen LogP contribution in [0, 0.1) is 0 Å². The summed E-state index contributed by atoms with van der Waals surface area (Å²) in [6, 6.07) is 4.70. The number of amides is 1. The summed E-state index contributed by atoms with van der Waals surface area (Å²) in [6.45, 7) is 4.70. The van der Waals surface area contributed by atoms with Crippen molar-refractivity contribution >= 4 is 21.9 Å². The van der Waals surface area contributed by atoms with Crippen molar-refractivity contribution < 1.29 is 13.2 Å². The SMILES string of the molecule is C[C@@H]1CCCCN1C(=O)[C@H](CCCNc1ncc[nH]1)NS(=O)(=O)c1cccc2c1CCNC2. The molecule has 1 aromatic carbocycles. The number of likely N-dealkylation sites (tertiary alicyclic amines) is 1. The Bertz CT molecular complexity index is 1040. The van der Waals surface area contributed by atoms with Gasteiger partial charge in [0, 0.05) is 38.1 Å². The van der Waals surface area contributed by atoms with E-state index in [1.807, 2.05) is 17.9 Å². The first-order chi connectivity index (χ1) is 16.0. The lowest BCUT2D eigenvalue weighted by Crippen LogP contribution is -2.52. The third kappa shape index (κ3) is 5.74. The molecule has 0 radical (unpaired) electrons. The zero-order chi connectivity index (χ0) is 23.3. The van der Waals surface area contributed by atoms with Gasteiger partial charge in [0.1, 0.15) is 6.04 Å². The van der Waals surface area contributed by atoms with Crippen molar-refractivity contribution in [2.45, 2.75) is 69.0 Å². The first-order valence-electron chi connectivity index (χ1n) is 11.8. The van der Waals surface area contributed by atoms with E-state index in [0.29, 0.717) is 49.7 Å². The molecular formula is C23H34N6O3S. The van der Waals surface area contributed by atoms with Crippen LogP contribution in [0.4, 0.5) is 5.95 Å². The summed E-state index contributed by atoms with van der Waals surface area (Å²) in [6.07, 6.45) is 8.08. The van der Waals surface area contributed by atoms with Gasteiger partial charge in [0.15, 0.2) is 5.95 Å². The van der Waals surface area contributed by atoms with E-state index in [1.54, 1.807) is 24.5 Å². The van der Waals surface area contributed by atoms with Gasteiger partial charge in [-0.3, -0.25) is 4.79 Å². The number of aromatic nitrogens is 2. The molecule has 0 bridgehead atoms. The normalized spacial score (nSPS) is 19.7. The van der Waals surface area contributed by atoms with Gasteiger partial charge in [-0.25, -0.2) is 13.4 Å². The summed E-state index contributed by atoms with van der Waals surface area (Å²) < 4.78 is 29.7. The zero-order valence-electron chi connectivity index (χ0n) is 19.1. The number of aromatic amines is 1. The number of fused-ring (bicyclic) bond motifs is 1. The minimum absolute atomic E-state index is 0.120. The third-order valence-corrected chi connectivity index (χ3v) is 8.08. The molecule has 0 aliphatic carbocycles. The molecule has 1 amide bonds. The highest BCUT2D eigenvalue weighted by atomic mass is 32.2. The molecule has 9 nitrogen and oxygen atoms in total. The van der Waals surface area contributed by atoms with Crippen LogP contribution in [0.15, 0.2) is 35.5 Å². The number of nitrogens with zero attached hydrogens (tertiary/aromatic N) is 2. The monoisotopic (exact) mass is 474 g/mol. The fourth-order valence-electron chi connectivity index (χ4n) is 4.73. The van der Waals surface area contributed by atoms with Gasteiger partial charge < -0.3 is 20.5 Å². The Kier molecular flexibility index (Phi) is 7.67. The number of piperidine rings is 1. The maximum absolute atomic E-state index is 13.5. The number of hydrogen-bond donors (Lipinski definition) is 4. The summed E-state index contributed by atoms with van der Waals surface area (Å²) in [4.78, 5) is 22.7. The van der Waals surface area contributed by atoms with E-state index >= 15 is 0 Å². The quantitative estimate of drug-likeness (QED) is 0.413. The van der Waals surface area contributed by atoms with Crippen LogP contribution in [0.5, 0.6) is 0 Å². The lowest BCUT2D eigenvalue weighted by molar-refractivity contribution is -0.136. The topological polar surface area (TPSA) is 119 Å². The van der Waals surface area contributed by atoms with Crippen LogP contribution in [0.25, 0.3) is 0 Å². The van der Waals surface area contributed by atoms with Crippen molar-refractivity contribution in [2.75, 3.05) is 25.0 Å². The van der Waals surface area contributed by atoms with E-state index in [0.717, 1.165) is 36.9 Å². The Morgan fingerprint density at radius 2 is 2.21 bits per heavy atom. The molecule has 2 aliphatic heterocycles. The minimum Gasteiger partial charge on any atom is -0.356 e. The molecule has 10 heteroatoms. The molecule has 3 heterocycles. The van der Waals surface area contributed by atoms with E-state index in [9.17, 15) is 13.2 Å². The Labute approximate surface area is 195 Å².